The minimum Gasteiger partial charge on any atom is -0.497 e. The molecule has 0 saturated carbocycles. The van der Waals surface area contributed by atoms with Gasteiger partial charge in [-0.2, -0.15) is 0 Å². The summed E-state index contributed by atoms with van der Waals surface area (Å²) < 4.78 is 5.23. The van der Waals surface area contributed by atoms with E-state index in [0.717, 1.165) is 46.1 Å². The van der Waals surface area contributed by atoms with Gasteiger partial charge in [-0.15, -0.1) is 0 Å². The summed E-state index contributed by atoms with van der Waals surface area (Å²) in [6.07, 6.45) is 3.66. The second kappa shape index (κ2) is 5.51. The summed E-state index contributed by atoms with van der Waals surface area (Å²) in [4.78, 5) is 14.5. The van der Waals surface area contributed by atoms with Gasteiger partial charge in [-0.3, -0.25) is 0 Å². The normalized spacial score (nSPS) is 12.4. The van der Waals surface area contributed by atoms with Crippen molar-refractivity contribution in [2.75, 3.05) is 18.2 Å². The molecule has 3 N–H and O–H groups in total. The number of nitrogens with two attached hydrogens (primary N) is 1. The average molecular weight is 325 g/mol. The molecule has 1 aliphatic carbocycles. The predicted molar refractivity (Wildman–Crippen MR) is 91.2 cm³/mol. The topological polar surface area (TPSA) is 86.0 Å². The minimum absolute atomic E-state index is 0.553. The molecule has 1 aliphatic rings. The molecule has 2 heterocycles. The van der Waals surface area contributed by atoms with Crippen molar-refractivity contribution in [2.45, 2.75) is 12.8 Å². The molecule has 2 aromatic heterocycles. The lowest BCUT2D eigenvalue weighted by Gasteiger charge is -2.15. The van der Waals surface area contributed by atoms with Crippen molar-refractivity contribution < 1.29 is 4.74 Å². The van der Waals surface area contributed by atoms with Gasteiger partial charge < -0.3 is 15.8 Å². The summed E-state index contributed by atoms with van der Waals surface area (Å²) in [6.45, 7) is 0. The highest BCUT2D eigenvalue weighted by atomic mass is 32.1. The second-order valence-corrected chi connectivity index (χ2v) is 6.28. The molecule has 7 heteroatoms. The van der Waals surface area contributed by atoms with Crippen LogP contribution in [0.25, 0.3) is 10.6 Å². The predicted octanol–water partition coefficient (Wildman–Crippen LogP) is 3.03. The first-order valence-electron chi connectivity index (χ1n) is 7.25. The van der Waals surface area contributed by atoms with E-state index in [1.165, 1.54) is 11.3 Å². The Labute approximate surface area is 137 Å². The highest BCUT2D eigenvalue weighted by Gasteiger charge is 2.22. The van der Waals surface area contributed by atoms with Crippen molar-refractivity contribution in [1.29, 1.82) is 0 Å². The van der Waals surface area contributed by atoms with Crippen LogP contribution in [0, 0.1) is 0 Å². The highest BCUT2D eigenvalue weighted by Crippen LogP contribution is 2.37. The molecule has 0 fully saturated rings. The van der Waals surface area contributed by atoms with Gasteiger partial charge in [0.2, 0.25) is 5.95 Å². The van der Waals surface area contributed by atoms with E-state index >= 15 is 0 Å². The minimum atomic E-state index is 0.553. The maximum atomic E-state index is 5.84. The van der Waals surface area contributed by atoms with Crippen LogP contribution in [0.5, 0.6) is 5.75 Å². The molecule has 3 aromatic rings. The molecule has 23 heavy (non-hydrogen) atoms. The Hall–Kier alpha value is -2.67. The number of anilines is 3. The Kier molecular flexibility index (Phi) is 3.34. The first kappa shape index (κ1) is 14.0. The molecule has 0 unspecified atom stereocenters. The number of fused-ring (bicyclic) bond motifs is 3. The molecule has 0 atom stereocenters. The first-order valence-corrected chi connectivity index (χ1v) is 8.07. The molecule has 0 amide bonds. The van der Waals surface area contributed by atoms with Gasteiger partial charge in [0, 0.05) is 18.0 Å². The molecule has 0 saturated heterocycles. The average Bonchev–Trinajstić information content (AvgIpc) is 2.96. The van der Waals surface area contributed by atoms with Gasteiger partial charge in [-0.05, 0) is 30.5 Å². The lowest BCUT2D eigenvalue weighted by atomic mass is 10.00. The van der Waals surface area contributed by atoms with Crippen molar-refractivity contribution in [3.05, 3.63) is 41.7 Å². The lowest BCUT2D eigenvalue weighted by Crippen LogP contribution is -2.07. The molecular formula is C16H15N5OS. The van der Waals surface area contributed by atoms with E-state index in [1.54, 1.807) is 7.11 Å². The van der Waals surface area contributed by atoms with Gasteiger partial charge in [-0.1, -0.05) is 17.4 Å². The fourth-order valence-electron chi connectivity index (χ4n) is 2.65. The van der Waals surface area contributed by atoms with Crippen molar-refractivity contribution >= 4 is 28.1 Å². The molecule has 4 rings (SSSR count). The zero-order chi connectivity index (χ0) is 15.8. The Morgan fingerprint density at radius 2 is 2.17 bits per heavy atom. The highest BCUT2D eigenvalue weighted by molar-refractivity contribution is 7.18. The summed E-state index contributed by atoms with van der Waals surface area (Å²) in [5, 5.41) is 3.80. The van der Waals surface area contributed by atoms with E-state index < -0.39 is 0 Å². The summed E-state index contributed by atoms with van der Waals surface area (Å²) >= 11 is 1.48. The number of rotatable bonds is 3. The third-order valence-corrected chi connectivity index (χ3v) is 4.68. The van der Waals surface area contributed by atoms with Gasteiger partial charge in [0.25, 0.3) is 0 Å². The Balaban J connectivity index is 1.69. The van der Waals surface area contributed by atoms with E-state index in [1.807, 2.05) is 30.5 Å². The van der Waals surface area contributed by atoms with Crippen LogP contribution in [0.2, 0.25) is 0 Å². The van der Waals surface area contributed by atoms with Crippen LogP contribution in [-0.4, -0.2) is 22.1 Å². The lowest BCUT2D eigenvalue weighted by molar-refractivity contribution is 0.415. The van der Waals surface area contributed by atoms with Crippen LogP contribution in [0.4, 0.5) is 16.8 Å². The summed E-state index contributed by atoms with van der Waals surface area (Å²) in [6, 6.07) is 7.66. The zero-order valence-electron chi connectivity index (χ0n) is 12.5. The number of ether oxygens (including phenoxy) is 1. The van der Waals surface area contributed by atoms with Gasteiger partial charge in [0.05, 0.1) is 23.4 Å². The molecule has 6 nitrogen and oxygen atoms in total. The van der Waals surface area contributed by atoms with Gasteiger partial charge in [-0.25, -0.2) is 15.0 Å². The number of hydrogen-bond acceptors (Lipinski definition) is 7. The zero-order valence-corrected chi connectivity index (χ0v) is 13.4. The van der Waals surface area contributed by atoms with Crippen molar-refractivity contribution in [2.24, 2.45) is 0 Å². The Morgan fingerprint density at radius 3 is 3.04 bits per heavy atom. The number of nitrogens with one attached hydrogen (secondary N) is 1. The van der Waals surface area contributed by atoms with Crippen molar-refractivity contribution in [1.82, 2.24) is 15.0 Å². The Bertz CT molecular complexity index is 877. The standard InChI is InChI=1S/C16H15N5OS/c1-22-11-4-2-3-10(7-11)19-16-18-8-9-5-6-12-14(13(9)21-16)23-15(17)20-12/h2-4,7-8H,5-6H2,1H3,(H2,17,20)(H,18,19,21). The van der Waals surface area contributed by atoms with Gasteiger partial charge in [0.1, 0.15) is 5.75 Å². The molecule has 0 spiro atoms. The number of nitrogen functional groups attached to an aromatic ring is 1. The summed E-state index contributed by atoms with van der Waals surface area (Å²) in [5.41, 5.74) is 9.82. The fraction of sp³-hybridized carbons (Fsp3) is 0.188. The van der Waals surface area contributed by atoms with Crippen molar-refractivity contribution in [3.63, 3.8) is 0 Å². The molecule has 0 aliphatic heterocycles. The third-order valence-electron chi connectivity index (χ3n) is 3.75. The van der Waals surface area contributed by atoms with Crippen LogP contribution < -0.4 is 15.8 Å². The van der Waals surface area contributed by atoms with Crippen molar-refractivity contribution in [3.8, 4) is 16.3 Å². The third kappa shape index (κ3) is 2.59. The van der Waals surface area contributed by atoms with E-state index in [2.05, 4.69) is 20.3 Å². The first-order chi connectivity index (χ1) is 11.2. The van der Waals surface area contributed by atoms with E-state index in [0.29, 0.717) is 11.1 Å². The van der Waals surface area contributed by atoms with Crippen LogP contribution in [-0.2, 0) is 12.8 Å². The number of thiazole rings is 1. The van der Waals surface area contributed by atoms with E-state index in [9.17, 15) is 0 Å². The fourth-order valence-corrected chi connectivity index (χ4v) is 3.56. The number of benzene rings is 1. The van der Waals surface area contributed by atoms with Crippen LogP contribution >= 0.6 is 11.3 Å². The second-order valence-electron chi connectivity index (χ2n) is 5.25. The maximum Gasteiger partial charge on any atom is 0.227 e. The number of aryl methyl sites for hydroxylation is 2. The smallest absolute Gasteiger partial charge is 0.227 e. The Morgan fingerprint density at radius 1 is 1.26 bits per heavy atom. The SMILES string of the molecule is COc1cccc(Nc2ncc3c(n2)-c2sc(N)nc2CC3)c1. The number of nitrogens with zero attached hydrogens (tertiary/aromatic N) is 3. The molecular weight excluding hydrogens is 310 g/mol. The number of hydrogen-bond donors (Lipinski definition) is 2. The quantitative estimate of drug-likeness (QED) is 0.770. The van der Waals surface area contributed by atoms with E-state index in [4.69, 9.17) is 10.5 Å². The number of aromatic nitrogens is 3. The maximum absolute atomic E-state index is 5.84. The van der Waals surface area contributed by atoms with Crippen LogP contribution in [0.3, 0.4) is 0 Å². The van der Waals surface area contributed by atoms with E-state index in [-0.39, 0.29) is 0 Å². The van der Waals surface area contributed by atoms with Crippen LogP contribution in [0.1, 0.15) is 11.3 Å². The monoisotopic (exact) mass is 325 g/mol. The van der Waals surface area contributed by atoms with Crippen LogP contribution in [0.15, 0.2) is 30.5 Å². The molecule has 1 aromatic carbocycles. The molecule has 0 radical (unpaired) electrons. The number of methoxy groups -OCH3 is 1. The largest absolute Gasteiger partial charge is 0.497 e. The van der Waals surface area contributed by atoms with Gasteiger partial charge >= 0.3 is 0 Å². The van der Waals surface area contributed by atoms with Gasteiger partial charge in [0.15, 0.2) is 5.13 Å². The molecule has 116 valence electrons. The molecule has 0 bridgehead atoms. The summed E-state index contributed by atoms with van der Waals surface area (Å²) in [7, 11) is 1.64. The summed E-state index contributed by atoms with van der Waals surface area (Å²) in [5.74, 6) is 1.34.